The third-order valence-electron chi connectivity index (χ3n) is 4.78. The van der Waals surface area contributed by atoms with Crippen molar-refractivity contribution >= 4 is 22.4 Å². The first-order valence-electron chi connectivity index (χ1n) is 7.37. The van der Waals surface area contributed by atoms with Gasteiger partial charge >= 0.3 is 0 Å². The van der Waals surface area contributed by atoms with Gasteiger partial charge in [-0.1, -0.05) is 49.4 Å². The van der Waals surface area contributed by atoms with E-state index in [4.69, 9.17) is 16.3 Å². The quantitative estimate of drug-likeness (QED) is 0.692. The van der Waals surface area contributed by atoms with Crippen molar-refractivity contribution in [1.82, 2.24) is 0 Å². The fraction of sp³-hybridized carbons (Fsp3) is 0.444. The molecule has 0 amide bonds. The topological polar surface area (TPSA) is 9.23 Å². The molecule has 0 aromatic heterocycles. The average Bonchev–Trinajstić information content (AvgIpc) is 2.71. The monoisotopic (exact) mass is 288 g/mol. The highest BCUT2D eigenvalue weighted by molar-refractivity contribution is 6.22. The number of hydrogen-bond acceptors (Lipinski definition) is 1. The van der Waals surface area contributed by atoms with Gasteiger partial charge in [-0.2, -0.15) is 0 Å². The summed E-state index contributed by atoms with van der Waals surface area (Å²) >= 11 is 6.87. The van der Waals surface area contributed by atoms with Crippen LogP contribution in [0.1, 0.15) is 31.7 Å². The van der Waals surface area contributed by atoms with Crippen LogP contribution in [0, 0.1) is 11.8 Å². The van der Waals surface area contributed by atoms with Crippen molar-refractivity contribution in [3.05, 3.63) is 48.0 Å². The Morgan fingerprint density at radius 1 is 0.950 bits per heavy atom. The first-order chi connectivity index (χ1) is 9.59. The van der Waals surface area contributed by atoms with Gasteiger partial charge in [0.25, 0.3) is 0 Å². The van der Waals surface area contributed by atoms with E-state index in [9.17, 15) is 0 Å². The second-order valence-corrected chi connectivity index (χ2v) is 6.42. The molecule has 1 fully saturated rings. The zero-order chi connectivity index (χ0) is 14.3. The van der Waals surface area contributed by atoms with Crippen molar-refractivity contribution in [2.45, 2.75) is 38.4 Å². The molecule has 2 aromatic carbocycles. The number of fused-ring (bicyclic) bond motifs is 1. The predicted molar refractivity (Wildman–Crippen MR) is 85.2 cm³/mol. The van der Waals surface area contributed by atoms with Gasteiger partial charge in [-0.05, 0) is 36.1 Å². The molecule has 2 heteroatoms. The van der Waals surface area contributed by atoms with E-state index in [0.29, 0.717) is 11.8 Å². The van der Waals surface area contributed by atoms with Gasteiger partial charge in [-0.3, -0.25) is 0 Å². The summed E-state index contributed by atoms with van der Waals surface area (Å²) in [6.07, 6.45) is 0.493. The maximum Gasteiger partial charge on any atom is 0.0647 e. The lowest BCUT2D eigenvalue weighted by molar-refractivity contribution is 0.0508. The van der Waals surface area contributed by atoms with Gasteiger partial charge in [0.05, 0.1) is 17.6 Å². The van der Waals surface area contributed by atoms with E-state index in [1.807, 2.05) is 0 Å². The number of benzene rings is 2. The fourth-order valence-corrected chi connectivity index (χ4v) is 4.12. The second-order valence-electron chi connectivity index (χ2n) is 5.95. The fourth-order valence-electron chi connectivity index (χ4n) is 3.50. The maximum absolute atomic E-state index is 6.87. The van der Waals surface area contributed by atoms with Gasteiger partial charge < -0.3 is 4.74 Å². The summed E-state index contributed by atoms with van der Waals surface area (Å²) in [6.45, 7) is 6.54. The van der Waals surface area contributed by atoms with Crippen molar-refractivity contribution in [3.63, 3.8) is 0 Å². The standard InChI is InChI=1S/C18H21ClO/c1-11-12(2)20-13(3)17(11)18(19)16-10-6-8-14-7-4-5-9-15(14)16/h4-13,17-18H,1-3H3. The van der Waals surface area contributed by atoms with Crippen LogP contribution < -0.4 is 0 Å². The van der Waals surface area contributed by atoms with Crippen LogP contribution in [0.4, 0.5) is 0 Å². The van der Waals surface area contributed by atoms with E-state index >= 15 is 0 Å². The molecule has 2 aromatic rings. The van der Waals surface area contributed by atoms with Crippen LogP contribution in [0.3, 0.4) is 0 Å². The van der Waals surface area contributed by atoms with Crippen molar-refractivity contribution < 1.29 is 4.74 Å². The Balaban J connectivity index is 2.03. The van der Waals surface area contributed by atoms with E-state index in [-0.39, 0.29) is 17.6 Å². The minimum Gasteiger partial charge on any atom is -0.375 e. The Labute approximate surface area is 125 Å². The average molecular weight is 289 g/mol. The first kappa shape index (κ1) is 13.9. The van der Waals surface area contributed by atoms with E-state index < -0.39 is 0 Å². The molecule has 0 N–H and O–H groups in total. The first-order valence-corrected chi connectivity index (χ1v) is 7.80. The predicted octanol–water partition coefficient (Wildman–Crippen LogP) is 5.18. The summed E-state index contributed by atoms with van der Waals surface area (Å²) in [5.41, 5.74) is 1.23. The number of halogens is 1. The number of rotatable bonds is 2. The summed E-state index contributed by atoms with van der Waals surface area (Å²) in [5.74, 6) is 0.837. The molecule has 0 aliphatic carbocycles. The molecule has 1 aliphatic heterocycles. The van der Waals surface area contributed by atoms with Crippen LogP contribution >= 0.6 is 11.6 Å². The Bertz CT molecular complexity index is 604. The Kier molecular flexibility index (Phi) is 3.74. The lowest BCUT2D eigenvalue weighted by atomic mass is 9.83. The lowest BCUT2D eigenvalue weighted by Crippen LogP contribution is -2.22. The molecule has 1 nitrogen and oxygen atoms in total. The van der Waals surface area contributed by atoms with Crippen molar-refractivity contribution in [3.8, 4) is 0 Å². The molecule has 3 rings (SSSR count). The largest absolute Gasteiger partial charge is 0.375 e. The van der Waals surface area contributed by atoms with Crippen molar-refractivity contribution in [2.24, 2.45) is 11.8 Å². The van der Waals surface area contributed by atoms with Gasteiger partial charge in [0.1, 0.15) is 0 Å². The Morgan fingerprint density at radius 3 is 2.35 bits per heavy atom. The number of alkyl halides is 1. The molecule has 0 saturated carbocycles. The third-order valence-corrected chi connectivity index (χ3v) is 5.30. The van der Waals surface area contributed by atoms with Crippen LogP contribution in [0.5, 0.6) is 0 Å². The summed E-state index contributed by atoms with van der Waals surface area (Å²) < 4.78 is 5.96. The Hall–Kier alpha value is -1.05. The molecule has 20 heavy (non-hydrogen) atoms. The van der Waals surface area contributed by atoms with E-state index in [2.05, 4.69) is 63.2 Å². The molecule has 106 valence electrons. The molecule has 0 spiro atoms. The highest BCUT2D eigenvalue weighted by Gasteiger charge is 2.41. The molecule has 1 aliphatic rings. The van der Waals surface area contributed by atoms with Crippen LogP contribution in [-0.4, -0.2) is 12.2 Å². The molecule has 0 radical (unpaired) electrons. The third kappa shape index (κ3) is 2.23. The van der Waals surface area contributed by atoms with E-state index in [1.54, 1.807) is 0 Å². The van der Waals surface area contributed by atoms with Gasteiger partial charge in [-0.25, -0.2) is 0 Å². The SMILES string of the molecule is CC1OC(C)C(C(Cl)c2cccc3ccccc23)C1C. The zero-order valence-corrected chi connectivity index (χ0v) is 13.0. The summed E-state index contributed by atoms with van der Waals surface area (Å²) in [4.78, 5) is 0. The van der Waals surface area contributed by atoms with Crippen molar-refractivity contribution in [1.29, 1.82) is 0 Å². The van der Waals surface area contributed by atoms with E-state index in [0.717, 1.165) is 0 Å². The Morgan fingerprint density at radius 2 is 1.65 bits per heavy atom. The highest BCUT2D eigenvalue weighted by atomic mass is 35.5. The van der Waals surface area contributed by atoms with Gasteiger partial charge in [-0.15, -0.1) is 11.6 Å². The minimum absolute atomic E-state index is 0.00366. The van der Waals surface area contributed by atoms with Crippen LogP contribution in [0.25, 0.3) is 10.8 Å². The van der Waals surface area contributed by atoms with Gasteiger partial charge in [0.2, 0.25) is 0 Å². The number of ether oxygens (including phenoxy) is 1. The molecule has 5 atom stereocenters. The van der Waals surface area contributed by atoms with E-state index in [1.165, 1.54) is 16.3 Å². The summed E-state index contributed by atoms with van der Waals surface area (Å²) in [7, 11) is 0. The zero-order valence-electron chi connectivity index (χ0n) is 12.2. The lowest BCUT2D eigenvalue weighted by Gasteiger charge is -2.25. The molecule has 0 bridgehead atoms. The van der Waals surface area contributed by atoms with Gasteiger partial charge in [0, 0.05) is 5.92 Å². The molecular formula is C18H21ClO. The molecule has 1 saturated heterocycles. The molecular weight excluding hydrogens is 268 g/mol. The minimum atomic E-state index is -0.00366. The highest BCUT2D eigenvalue weighted by Crippen LogP contribution is 2.45. The van der Waals surface area contributed by atoms with Crippen LogP contribution in [0.2, 0.25) is 0 Å². The van der Waals surface area contributed by atoms with Crippen LogP contribution in [-0.2, 0) is 4.74 Å². The summed E-state index contributed by atoms with van der Waals surface area (Å²) in [5, 5.41) is 2.51. The summed E-state index contributed by atoms with van der Waals surface area (Å²) in [6, 6.07) is 14.8. The molecule has 5 unspecified atom stereocenters. The molecule has 1 heterocycles. The smallest absolute Gasteiger partial charge is 0.0647 e. The second kappa shape index (κ2) is 5.38. The normalized spacial score (nSPS) is 31.6. The number of hydrogen-bond donors (Lipinski definition) is 0. The van der Waals surface area contributed by atoms with Gasteiger partial charge in [0.15, 0.2) is 0 Å². The maximum atomic E-state index is 6.87. The van der Waals surface area contributed by atoms with Crippen molar-refractivity contribution in [2.75, 3.05) is 0 Å². The van der Waals surface area contributed by atoms with Crippen LogP contribution in [0.15, 0.2) is 42.5 Å².